The van der Waals surface area contributed by atoms with Gasteiger partial charge in [0, 0.05) is 12.2 Å². The minimum Gasteiger partial charge on any atom is -0.349 e. The molecule has 1 amide bonds. The number of fused-ring (bicyclic) bond motifs is 1. The fourth-order valence-electron chi connectivity index (χ4n) is 4.26. The Balaban J connectivity index is 1.61. The lowest BCUT2D eigenvalue weighted by molar-refractivity contribution is 0.0925. The first-order chi connectivity index (χ1) is 12.2. The smallest absolute Gasteiger partial charge is 0.263 e. The van der Waals surface area contributed by atoms with E-state index in [9.17, 15) is 9.59 Å². The molecule has 0 bridgehead atoms. The summed E-state index contributed by atoms with van der Waals surface area (Å²) in [6.07, 6.45) is 9.29. The van der Waals surface area contributed by atoms with Gasteiger partial charge >= 0.3 is 0 Å². The number of aromatic nitrogens is 1. The summed E-state index contributed by atoms with van der Waals surface area (Å²) in [7, 11) is 0. The van der Waals surface area contributed by atoms with Crippen molar-refractivity contribution in [1.29, 1.82) is 0 Å². The molecule has 1 unspecified atom stereocenters. The first-order valence-electron chi connectivity index (χ1n) is 9.34. The van der Waals surface area contributed by atoms with Crippen molar-refractivity contribution in [2.24, 2.45) is 0 Å². The maximum absolute atomic E-state index is 13.0. The van der Waals surface area contributed by atoms with Gasteiger partial charge in [-0.2, -0.15) is 0 Å². The molecular weight excluding hydrogens is 312 g/mol. The van der Waals surface area contributed by atoms with Crippen molar-refractivity contribution in [1.82, 2.24) is 9.88 Å². The molecule has 1 aromatic carbocycles. The molecule has 25 heavy (non-hydrogen) atoms. The lowest BCUT2D eigenvalue weighted by Crippen LogP contribution is -2.40. The fourth-order valence-corrected chi connectivity index (χ4v) is 4.26. The van der Waals surface area contributed by atoms with Crippen LogP contribution in [0.25, 0.3) is 0 Å². The predicted octanol–water partition coefficient (Wildman–Crippen LogP) is 3.45. The minimum absolute atomic E-state index is 0.0335. The zero-order chi connectivity index (χ0) is 17.2. The first kappa shape index (κ1) is 16.1. The summed E-state index contributed by atoms with van der Waals surface area (Å²) in [4.78, 5) is 25.6. The molecule has 0 spiro atoms. The molecule has 1 heterocycles. The summed E-state index contributed by atoms with van der Waals surface area (Å²) in [6.45, 7) is 0. The van der Waals surface area contributed by atoms with Crippen molar-refractivity contribution in [2.45, 2.75) is 57.0 Å². The van der Waals surface area contributed by atoms with Gasteiger partial charge in [0.1, 0.15) is 5.56 Å². The Morgan fingerprint density at radius 2 is 1.80 bits per heavy atom. The average Bonchev–Trinajstić information content (AvgIpc) is 3.07. The first-order valence-corrected chi connectivity index (χ1v) is 9.34. The highest BCUT2D eigenvalue weighted by atomic mass is 16.2. The van der Waals surface area contributed by atoms with Gasteiger partial charge in [0.25, 0.3) is 11.5 Å². The van der Waals surface area contributed by atoms with Gasteiger partial charge in [-0.15, -0.1) is 0 Å². The van der Waals surface area contributed by atoms with Gasteiger partial charge in [-0.1, -0.05) is 43.5 Å². The van der Waals surface area contributed by atoms with E-state index in [-0.39, 0.29) is 29.1 Å². The Morgan fingerprint density at radius 3 is 2.64 bits per heavy atom. The summed E-state index contributed by atoms with van der Waals surface area (Å²) < 4.78 is 1.74. The molecular formula is C21H24N2O2. The molecule has 1 atom stereocenters. The van der Waals surface area contributed by atoms with Crippen LogP contribution in [0.1, 0.15) is 66.1 Å². The van der Waals surface area contributed by atoms with Crippen molar-refractivity contribution in [2.75, 3.05) is 0 Å². The molecule has 4 rings (SSSR count). The molecule has 130 valence electrons. The van der Waals surface area contributed by atoms with E-state index in [1.165, 1.54) is 17.5 Å². The Bertz CT molecular complexity index is 834. The fraction of sp³-hybridized carbons (Fsp3) is 0.429. The second-order valence-corrected chi connectivity index (χ2v) is 7.20. The number of aryl methyl sites for hydroxylation is 1. The molecule has 4 nitrogen and oxygen atoms in total. The second kappa shape index (κ2) is 6.87. The van der Waals surface area contributed by atoms with Crippen LogP contribution in [0.4, 0.5) is 0 Å². The zero-order valence-corrected chi connectivity index (χ0v) is 14.4. The lowest BCUT2D eigenvalue weighted by atomic mass is 9.95. The van der Waals surface area contributed by atoms with E-state index in [2.05, 4.69) is 17.4 Å². The number of carbonyl (C=O) groups is 1. The quantitative estimate of drug-likeness (QED) is 0.933. The normalized spacial score (nSPS) is 20.2. The van der Waals surface area contributed by atoms with Gasteiger partial charge in [-0.3, -0.25) is 9.59 Å². The average molecular weight is 336 g/mol. The lowest BCUT2D eigenvalue weighted by Gasteiger charge is -2.23. The largest absolute Gasteiger partial charge is 0.349 e. The Hall–Kier alpha value is -2.36. The van der Waals surface area contributed by atoms with Crippen LogP contribution < -0.4 is 10.9 Å². The number of nitrogens with zero attached hydrogens (tertiary/aromatic N) is 1. The number of nitrogens with one attached hydrogen (secondary N) is 1. The SMILES string of the molecule is O=C(NC1CCCCC1)c1cccn(C2CCc3ccccc32)c1=O. The number of rotatable bonds is 3. The standard InChI is InChI=1S/C21H24N2O2/c24-20(22-16-8-2-1-3-9-16)18-11-6-14-23(21(18)25)19-13-12-15-7-4-5-10-17(15)19/h4-7,10-11,14,16,19H,1-3,8-9,12-13H2,(H,22,24). The van der Waals surface area contributed by atoms with Crippen LogP contribution in [0.2, 0.25) is 0 Å². The van der Waals surface area contributed by atoms with E-state index in [4.69, 9.17) is 0 Å². The van der Waals surface area contributed by atoms with Crippen LogP contribution in [-0.2, 0) is 6.42 Å². The zero-order valence-electron chi connectivity index (χ0n) is 14.4. The molecule has 0 saturated heterocycles. The van der Waals surface area contributed by atoms with Crippen LogP contribution in [0, 0.1) is 0 Å². The summed E-state index contributed by atoms with van der Waals surface area (Å²) in [5.41, 5.74) is 2.58. The van der Waals surface area contributed by atoms with Crippen molar-refractivity contribution in [3.05, 3.63) is 69.6 Å². The van der Waals surface area contributed by atoms with Gasteiger partial charge in [0.2, 0.25) is 0 Å². The number of benzene rings is 1. The van der Waals surface area contributed by atoms with Gasteiger partial charge < -0.3 is 9.88 Å². The summed E-state index contributed by atoms with van der Waals surface area (Å²) in [5, 5.41) is 3.06. The third kappa shape index (κ3) is 3.13. The summed E-state index contributed by atoms with van der Waals surface area (Å²) in [6, 6.07) is 12.0. The van der Waals surface area contributed by atoms with E-state index >= 15 is 0 Å². The predicted molar refractivity (Wildman–Crippen MR) is 97.9 cm³/mol. The second-order valence-electron chi connectivity index (χ2n) is 7.20. The molecule has 2 aliphatic rings. The maximum atomic E-state index is 13.0. The number of hydrogen-bond donors (Lipinski definition) is 1. The van der Waals surface area contributed by atoms with Gasteiger partial charge in [-0.25, -0.2) is 0 Å². The molecule has 0 aliphatic heterocycles. The molecule has 1 aromatic heterocycles. The minimum atomic E-state index is -0.225. The highest BCUT2D eigenvalue weighted by Gasteiger charge is 2.26. The van der Waals surface area contributed by atoms with Crippen molar-refractivity contribution < 1.29 is 4.79 Å². The van der Waals surface area contributed by atoms with Crippen LogP contribution in [0.5, 0.6) is 0 Å². The van der Waals surface area contributed by atoms with Crippen molar-refractivity contribution >= 4 is 5.91 Å². The van der Waals surface area contributed by atoms with E-state index in [0.29, 0.717) is 0 Å². The summed E-state index contributed by atoms with van der Waals surface area (Å²) in [5.74, 6) is -0.225. The van der Waals surface area contributed by atoms with Gasteiger partial charge in [0.15, 0.2) is 0 Å². The van der Waals surface area contributed by atoms with E-state index < -0.39 is 0 Å². The Labute approximate surface area is 147 Å². The molecule has 1 N–H and O–H groups in total. The molecule has 2 aromatic rings. The van der Waals surface area contributed by atoms with Gasteiger partial charge in [0.05, 0.1) is 6.04 Å². The summed E-state index contributed by atoms with van der Waals surface area (Å²) >= 11 is 0. The number of carbonyl (C=O) groups excluding carboxylic acids is 1. The number of hydrogen-bond acceptors (Lipinski definition) is 2. The monoisotopic (exact) mass is 336 g/mol. The molecule has 0 radical (unpaired) electrons. The highest BCUT2D eigenvalue weighted by molar-refractivity contribution is 5.94. The van der Waals surface area contributed by atoms with E-state index in [1.54, 1.807) is 10.6 Å². The van der Waals surface area contributed by atoms with Crippen LogP contribution in [0.3, 0.4) is 0 Å². The Kier molecular flexibility index (Phi) is 4.43. The van der Waals surface area contributed by atoms with E-state index in [0.717, 1.165) is 38.5 Å². The topological polar surface area (TPSA) is 51.1 Å². The number of amides is 1. The highest BCUT2D eigenvalue weighted by Crippen LogP contribution is 2.33. The molecule has 1 fully saturated rings. The number of pyridine rings is 1. The molecule has 4 heteroatoms. The van der Waals surface area contributed by atoms with Gasteiger partial charge in [-0.05, 0) is 48.9 Å². The van der Waals surface area contributed by atoms with Crippen LogP contribution in [-0.4, -0.2) is 16.5 Å². The Morgan fingerprint density at radius 1 is 1.00 bits per heavy atom. The van der Waals surface area contributed by atoms with E-state index in [1.807, 2.05) is 24.4 Å². The maximum Gasteiger partial charge on any atom is 0.263 e. The third-order valence-corrected chi connectivity index (χ3v) is 5.60. The third-order valence-electron chi connectivity index (χ3n) is 5.60. The van der Waals surface area contributed by atoms with Crippen molar-refractivity contribution in [3.63, 3.8) is 0 Å². The van der Waals surface area contributed by atoms with Crippen LogP contribution in [0.15, 0.2) is 47.4 Å². The molecule has 2 aliphatic carbocycles. The van der Waals surface area contributed by atoms with Crippen LogP contribution >= 0.6 is 0 Å². The molecule has 1 saturated carbocycles. The van der Waals surface area contributed by atoms with Crippen molar-refractivity contribution in [3.8, 4) is 0 Å².